The fourth-order valence-electron chi connectivity index (χ4n) is 3.32. The molecular formula is C12H22N2. The minimum Gasteiger partial charge on any atom is -0.298 e. The van der Waals surface area contributed by atoms with E-state index in [1.165, 1.54) is 45.4 Å². The van der Waals surface area contributed by atoms with Gasteiger partial charge in [-0.25, -0.2) is 0 Å². The van der Waals surface area contributed by atoms with Gasteiger partial charge in [0.2, 0.25) is 0 Å². The molecule has 1 saturated carbocycles. The van der Waals surface area contributed by atoms with Crippen molar-refractivity contribution in [1.82, 2.24) is 9.80 Å². The second kappa shape index (κ2) is 2.96. The Labute approximate surface area is 87.3 Å². The summed E-state index contributed by atoms with van der Waals surface area (Å²) in [4.78, 5) is 5.41. The molecule has 80 valence electrons. The summed E-state index contributed by atoms with van der Waals surface area (Å²) in [6.07, 6.45) is 4.53. The van der Waals surface area contributed by atoms with Crippen LogP contribution in [0.4, 0.5) is 0 Å². The van der Waals surface area contributed by atoms with Crippen LogP contribution in [0.5, 0.6) is 0 Å². The Morgan fingerprint density at radius 3 is 2.64 bits per heavy atom. The predicted octanol–water partition coefficient (Wildman–Crippen LogP) is 1.56. The van der Waals surface area contributed by atoms with Crippen LogP contribution in [0.2, 0.25) is 0 Å². The third-order valence-corrected chi connectivity index (χ3v) is 4.53. The highest BCUT2D eigenvalue weighted by Gasteiger charge is 2.52. The van der Waals surface area contributed by atoms with Gasteiger partial charge in [-0.3, -0.25) is 9.80 Å². The zero-order valence-electron chi connectivity index (χ0n) is 9.50. The van der Waals surface area contributed by atoms with Gasteiger partial charge in [0.1, 0.15) is 0 Å². The Kier molecular flexibility index (Phi) is 1.94. The Morgan fingerprint density at radius 1 is 1.21 bits per heavy atom. The molecular weight excluding hydrogens is 172 g/mol. The molecule has 2 saturated heterocycles. The lowest BCUT2D eigenvalue weighted by Crippen LogP contribution is -2.52. The van der Waals surface area contributed by atoms with Gasteiger partial charge in [0, 0.05) is 38.3 Å². The van der Waals surface area contributed by atoms with Crippen LogP contribution >= 0.6 is 0 Å². The molecule has 1 unspecified atom stereocenters. The second-order valence-electron chi connectivity index (χ2n) is 5.92. The quantitative estimate of drug-likeness (QED) is 0.625. The van der Waals surface area contributed by atoms with Crippen LogP contribution in [-0.2, 0) is 0 Å². The normalized spacial score (nSPS) is 36.6. The molecule has 0 radical (unpaired) electrons. The van der Waals surface area contributed by atoms with Crippen molar-refractivity contribution in [2.45, 2.75) is 45.2 Å². The highest BCUT2D eigenvalue weighted by molar-refractivity contribution is 5.06. The zero-order valence-corrected chi connectivity index (χ0v) is 9.50. The lowest BCUT2D eigenvalue weighted by Gasteiger charge is -2.39. The summed E-state index contributed by atoms with van der Waals surface area (Å²) in [5, 5.41) is 0. The number of nitrogens with zero attached hydrogens (tertiary/aromatic N) is 2. The van der Waals surface area contributed by atoms with E-state index in [9.17, 15) is 0 Å². The molecule has 0 N–H and O–H groups in total. The molecule has 2 aliphatic heterocycles. The summed E-state index contributed by atoms with van der Waals surface area (Å²) in [6, 6.07) is 1.64. The molecule has 0 bridgehead atoms. The Bertz CT molecular complexity index is 232. The molecule has 2 heterocycles. The van der Waals surface area contributed by atoms with E-state index in [1.807, 2.05) is 0 Å². The molecule has 3 rings (SSSR count). The molecule has 0 amide bonds. The lowest BCUT2D eigenvalue weighted by molar-refractivity contribution is 0.0824. The first kappa shape index (κ1) is 9.17. The maximum Gasteiger partial charge on any atom is 0.0229 e. The standard InChI is InChI=1S/C12H22N2/c1-10(2)13-5-6-14-9-12(3-4-12)7-11(14)8-13/h10-11H,3-9H2,1-2H3. The molecule has 3 aliphatic rings. The van der Waals surface area contributed by atoms with Crippen molar-refractivity contribution in [1.29, 1.82) is 0 Å². The van der Waals surface area contributed by atoms with Crippen LogP contribution in [0.25, 0.3) is 0 Å². The smallest absolute Gasteiger partial charge is 0.0229 e. The monoisotopic (exact) mass is 194 g/mol. The van der Waals surface area contributed by atoms with Crippen molar-refractivity contribution < 1.29 is 0 Å². The summed E-state index contributed by atoms with van der Waals surface area (Å²) >= 11 is 0. The van der Waals surface area contributed by atoms with Crippen molar-refractivity contribution in [2.75, 3.05) is 26.2 Å². The van der Waals surface area contributed by atoms with E-state index in [0.717, 1.165) is 17.5 Å². The summed E-state index contributed by atoms with van der Waals surface area (Å²) in [5.41, 5.74) is 0.803. The molecule has 14 heavy (non-hydrogen) atoms. The number of piperazine rings is 1. The average Bonchev–Trinajstić information content (AvgIpc) is 2.79. The maximum atomic E-state index is 2.76. The zero-order chi connectivity index (χ0) is 9.76. The van der Waals surface area contributed by atoms with Gasteiger partial charge in [0.05, 0.1) is 0 Å². The molecule has 1 spiro atoms. The molecule has 0 aromatic heterocycles. The van der Waals surface area contributed by atoms with Crippen molar-refractivity contribution in [3.8, 4) is 0 Å². The Hall–Kier alpha value is -0.0800. The topological polar surface area (TPSA) is 6.48 Å². The maximum absolute atomic E-state index is 2.76. The van der Waals surface area contributed by atoms with Crippen LogP contribution in [0, 0.1) is 5.41 Å². The van der Waals surface area contributed by atoms with E-state index in [-0.39, 0.29) is 0 Å². The Morgan fingerprint density at radius 2 is 2.00 bits per heavy atom. The van der Waals surface area contributed by atoms with E-state index >= 15 is 0 Å². The second-order valence-corrected chi connectivity index (χ2v) is 5.92. The van der Waals surface area contributed by atoms with Crippen LogP contribution < -0.4 is 0 Å². The SMILES string of the molecule is CC(C)N1CCN2CC3(CC3)CC2C1. The minimum atomic E-state index is 0.743. The third kappa shape index (κ3) is 1.40. The fraction of sp³-hybridized carbons (Fsp3) is 1.00. The van der Waals surface area contributed by atoms with Crippen molar-refractivity contribution >= 4 is 0 Å². The van der Waals surface area contributed by atoms with Gasteiger partial charge in [-0.2, -0.15) is 0 Å². The first-order chi connectivity index (χ1) is 6.69. The van der Waals surface area contributed by atoms with Gasteiger partial charge < -0.3 is 0 Å². The number of rotatable bonds is 1. The summed E-state index contributed by atoms with van der Waals surface area (Å²) in [6.45, 7) is 10.0. The number of fused-ring (bicyclic) bond motifs is 1. The average molecular weight is 194 g/mol. The van der Waals surface area contributed by atoms with E-state index in [2.05, 4.69) is 23.6 Å². The van der Waals surface area contributed by atoms with Crippen molar-refractivity contribution in [2.24, 2.45) is 5.41 Å². The van der Waals surface area contributed by atoms with Crippen molar-refractivity contribution in [3.05, 3.63) is 0 Å². The molecule has 2 nitrogen and oxygen atoms in total. The largest absolute Gasteiger partial charge is 0.298 e. The molecule has 1 aliphatic carbocycles. The highest BCUT2D eigenvalue weighted by Crippen LogP contribution is 2.55. The Balaban J connectivity index is 1.67. The predicted molar refractivity (Wildman–Crippen MR) is 58.4 cm³/mol. The van der Waals surface area contributed by atoms with Crippen LogP contribution in [0.3, 0.4) is 0 Å². The van der Waals surface area contributed by atoms with Crippen LogP contribution in [0.1, 0.15) is 33.1 Å². The third-order valence-electron chi connectivity index (χ3n) is 4.53. The van der Waals surface area contributed by atoms with Gasteiger partial charge >= 0.3 is 0 Å². The van der Waals surface area contributed by atoms with Gasteiger partial charge in [0.25, 0.3) is 0 Å². The van der Waals surface area contributed by atoms with Crippen LogP contribution in [-0.4, -0.2) is 48.1 Å². The van der Waals surface area contributed by atoms with Gasteiger partial charge in [-0.05, 0) is 38.5 Å². The lowest BCUT2D eigenvalue weighted by atomic mass is 10.0. The molecule has 2 heteroatoms. The highest BCUT2D eigenvalue weighted by atomic mass is 15.3. The van der Waals surface area contributed by atoms with E-state index in [1.54, 1.807) is 0 Å². The first-order valence-electron chi connectivity index (χ1n) is 6.17. The molecule has 0 aromatic rings. The van der Waals surface area contributed by atoms with Crippen LogP contribution in [0.15, 0.2) is 0 Å². The van der Waals surface area contributed by atoms with E-state index in [4.69, 9.17) is 0 Å². The molecule has 3 fully saturated rings. The summed E-state index contributed by atoms with van der Waals surface area (Å²) < 4.78 is 0. The van der Waals surface area contributed by atoms with E-state index in [0.29, 0.717) is 0 Å². The molecule has 1 atom stereocenters. The van der Waals surface area contributed by atoms with Gasteiger partial charge in [-0.1, -0.05) is 0 Å². The summed E-state index contributed by atoms with van der Waals surface area (Å²) in [7, 11) is 0. The number of hydrogen-bond donors (Lipinski definition) is 0. The van der Waals surface area contributed by atoms with Gasteiger partial charge in [-0.15, -0.1) is 0 Å². The van der Waals surface area contributed by atoms with Gasteiger partial charge in [0.15, 0.2) is 0 Å². The molecule has 0 aromatic carbocycles. The number of hydrogen-bond acceptors (Lipinski definition) is 2. The fourth-order valence-corrected chi connectivity index (χ4v) is 3.32. The summed E-state index contributed by atoms with van der Waals surface area (Å²) in [5.74, 6) is 0. The van der Waals surface area contributed by atoms with E-state index < -0.39 is 0 Å². The van der Waals surface area contributed by atoms with Crippen molar-refractivity contribution in [3.63, 3.8) is 0 Å². The first-order valence-corrected chi connectivity index (χ1v) is 6.17. The minimum absolute atomic E-state index is 0.743.